The fourth-order valence-corrected chi connectivity index (χ4v) is 1.05. The summed E-state index contributed by atoms with van der Waals surface area (Å²) >= 11 is 0. The lowest BCUT2D eigenvalue weighted by molar-refractivity contribution is -0.523. The van der Waals surface area contributed by atoms with E-state index in [0.717, 1.165) is 0 Å². The van der Waals surface area contributed by atoms with Crippen molar-refractivity contribution in [3.8, 4) is 0 Å². The molecule has 0 radical (unpaired) electrons. The van der Waals surface area contributed by atoms with Crippen LogP contribution in [0.15, 0.2) is 0 Å². The van der Waals surface area contributed by atoms with Gasteiger partial charge >= 0.3 is 39.8 Å². The average molecular weight is 396 g/mol. The Bertz CT molecular complexity index is 529. The van der Waals surface area contributed by atoms with Crippen LogP contribution >= 0.6 is 0 Å². The lowest BCUT2D eigenvalue weighted by atomic mass is 10.5. The molecule has 0 bridgehead atoms. The van der Waals surface area contributed by atoms with Crippen molar-refractivity contribution in [2.24, 2.45) is 0 Å². The first-order valence-electron chi connectivity index (χ1n) is 4.55. The Labute approximate surface area is 118 Å². The van der Waals surface area contributed by atoms with Crippen LogP contribution in [0.1, 0.15) is 0 Å². The molecule has 0 aromatic heterocycles. The maximum absolute atomic E-state index is 12.6. The largest absolute Gasteiger partial charge is 0.460 e. The SMILES string of the molecule is O=S(=O)(O)C(F)(F)C(F)(F)OC(F)(F)C(F)(F)OC(F)(F)CF. The summed E-state index contributed by atoms with van der Waals surface area (Å²) in [6, 6.07) is 0. The Balaban J connectivity index is 5.63. The van der Waals surface area contributed by atoms with E-state index in [0.29, 0.717) is 0 Å². The fourth-order valence-electron chi connectivity index (χ4n) is 0.704. The summed E-state index contributed by atoms with van der Waals surface area (Å²) in [6.45, 7) is -3.14. The van der Waals surface area contributed by atoms with Crippen molar-refractivity contribution < 1.29 is 70.7 Å². The van der Waals surface area contributed by atoms with Crippen LogP contribution < -0.4 is 0 Å². The van der Waals surface area contributed by atoms with Gasteiger partial charge in [0.05, 0.1) is 0 Å². The van der Waals surface area contributed by atoms with E-state index in [2.05, 4.69) is 0 Å². The summed E-state index contributed by atoms with van der Waals surface area (Å²) < 4.78 is 167. The second kappa shape index (κ2) is 5.85. The van der Waals surface area contributed by atoms with E-state index >= 15 is 0 Å². The van der Waals surface area contributed by atoms with E-state index < -0.39 is 46.5 Å². The topological polar surface area (TPSA) is 72.8 Å². The number of hydrogen-bond donors (Lipinski definition) is 1. The standard InChI is InChI=1S/C6H3F11O5S/c7-1-2(8,9)21-3(10,11)4(12,13)22-5(14,15)6(16,17)23(18,19)20/h1H2,(H,18,19,20). The van der Waals surface area contributed by atoms with Gasteiger partial charge in [0.25, 0.3) is 0 Å². The summed E-state index contributed by atoms with van der Waals surface area (Å²) in [5, 5.41) is -6.87. The molecule has 0 spiro atoms. The Morgan fingerprint density at radius 2 is 1.09 bits per heavy atom. The van der Waals surface area contributed by atoms with Gasteiger partial charge in [-0.2, -0.15) is 52.3 Å². The lowest BCUT2D eigenvalue weighted by Gasteiger charge is -2.32. The van der Waals surface area contributed by atoms with E-state index in [1.165, 1.54) is 0 Å². The molecule has 0 aliphatic rings. The second-order valence-corrected chi connectivity index (χ2v) is 4.98. The summed E-state index contributed by atoms with van der Waals surface area (Å²) in [6.07, 6.45) is -26.5. The number of alkyl halides is 11. The van der Waals surface area contributed by atoms with E-state index in [9.17, 15) is 56.7 Å². The van der Waals surface area contributed by atoms with Crippen LogP contribution in [0.3, 0.4) is 0 Å². The van der Waals surface area contributed by atoms with Crippen molar-refractivity contribution in [2.45, 2.75) is 29.7 Å². The zero-order valence-corrected chi connectivity index (χ0v) is 10.7. The normalized spacial score (nSPS) is 15.8. The Morgan fingerprint density at radius 3 is 1.39 bits per heavy atom. The molecule has 1 N–H and O–H groups in total. The predicted molar refractivity (Wildman–Crippen MR) is 44.4 cm³/mol. The molecule has 0 amide bonds. The first-order valence-corrected chi connectivity index (χ1v) is 5.99. The molecule has 0 atom stereocenters. The maximum Gasteiger partial charge on any atom is 0.460 e. The summed E-state index contributed by atoms with van der Waals surface area (Å²) in [5.74, 6) is 0. The summed E-state index contributed by atoms with van der Waals surface area (Å²) in [5.41, 5.74) is 0. The van der Waals surface area contributed by atoms with Crippen molar-refractivity contribution in [1.82, 2.24) is 0 Å². The number of ether oxygens (including phenoxy) is 2. The highest BCUT2D eigenvalue weighted by atomic mass is 32.2. The zero-order valence-electron chi connectivity index (χ0n) is 9.85. The van der Waals surface area contributed by atoms with Gasteiger partial charge in [0.2, 0.25) is 0 Å². The van der Waals surface area contributed by atoms with Crippen LogP contribution in [-0.4, -0.2) is 49.3 Å². The molecule has 0 unspecified atom stereocenters. The minimum Gasteiger partial charge on any atom is -0.281 e. The van der Waals surface area contributed by atoms with Gasteiger partial charge in [0, 0.05) is 0 Å². The van der Waals surface area contributed by atoms with Gasteiger partial charge in [-0.05, 0) is 0 Å². The first kappa shape index (κ1) is 22.1. The molecule has 0 aliphatic heterocycles. The highest BCUT2D eigenvalue weighted by Crippen LogP contribution is 2.48. The smallest absolute Gasteiger partial charge is 0.281 e. The molecule has 0 fully saturated rings. The Kier molecular flexibility index (Phi) is 5.61. The van der Waals surface area contributed by atoms with Gasteiger partial charge in [-0.15, -0.1) is 0 Å². The van der Waals surface area contributed by atoms with Gasteiger partial charge < -0.3 is 0 Å². The molecule has 17 heteroatoms. The van der Waals surface area contributed by atoms with Crippen LogP contribution in [0.5, 0.6) is 0 Å². The molecule has 0 heterocycles. The Hall–Kier alpha value is -0.940. The van der Waals surface area contributed by atoms with Gasteiger partial charge in [-0.1, -0.05) is 0 Å². The highest BCUT2D eigenvalue weighted by molar-refractivity contribution is 7.86. The third-order valence-corrected chi connectivity index (χ3v) is 2.58. The van der Waals surface area contributed by atoms with Gasteiger partial charge in [0.15, 0.2) is 6.67 Å². The molecular weight excluding hydrogens is 393 g/mol. The van der Waals surface area contributed by atoms with Crippen molar-refractivity contribution in [1.29, 1.82) is 0 Å². The molecule has 0 rings (SSSR count). The third kappa shape index (κ3) is 4.54. The van der Waals surface area contributed by atoms with Crippen LogP contribution in [0.25, 0.3) is 0 Å². The quantitative estimate of drug-likeness (QED) is 0.505. The molecule has 0 aliphatic carbocycles. The molecule has 0 aromatic carbocycles. The highest BCUT2D eigenvalue weighted by Gasteiger charge is 2.75. The van der Waals surface area contributed by atoms with Crippen LogP contribution in [0, 0.1) is 0 Å². The zero-order chi connectivity index (χ0) is 19.1. The minimum absolute atomic E-state index is 1.59. The number of hydrogen-bond acceptors (Lipinski definition) is 4. The van der Waals surface area contributed by atoms with Crippen molar-refractivity contribution in [3.05, 3.63) is 0 Å². The molecule has 0 saturated heterocycles. The lowest BCUT2D eigenvalue weighted by Crippen LogP contribution is -2.57. The van der Waals surface area contributed by atoms with Crippen LogP contribution in [0.4, 0.5) is 48.3 Å². The monoisotopic (exact) mass is 396 g/mol. The second-order valence-electron chi connectivity index (χ2n) is 3.52. The van der Waals surface area contributed by atoms with Crippen molar-refractivity contribution in [2.75, 3.05) is 6.67 Å². The van der Waals surface area contributed by atoms with E-state index in [-0.39, 0.29) is 0 Å². The Morgan fingerprint density at radius 1 is 0.739 bits per heavy atom. The number of rotatable bonds is 8. The summed E-state index contributed by atoms with van der Waals surface area (Å²) in [4.78, 5) is 0. The molecule has 0 saturated carbocycles. The van der Waals surface area contributed by atoms with Gasteiger partial charge in [-0.3, -0.25) is 4.55 Å². The van der Waals surface area contributed by atoms with Crippen molar-refractivity contribution in [3.63, 3.8) is 0 Å². The van der Waals surface area contributed by atoms with E-state index in [1.54, 1.807) is 4.74 Å². The fraction of sp³-hybridized carbons (Fsp3) is 1.00. The maximum atomic E-state index is 12.6. The molecule has 23 heavy (non-hydrogen) atoms. The van der Waals surface area contributed by atoms with Crippen LogP contribution in [-0.2, 0) is 19.6 Å². The minimum atomic E-state index is -7.15. The van der Waals surface area contributed by atoms with E-state index in [4.69, 9.17) is 4.55 Å². The van der Waals surface area contributed by atoms with E-state index in [1.807, 2.05) is 4.74 Å². The predicted octanol–water partition coefficient (Wildman–Crippen LogP) is 2.84. The average Bonchev–Trinajstić information content (AvgIpc) is 2.24. The first-order chi connectivity index (χ1) is 9.72. The number of halogens is 11. The summed E-state index contributed by atoms with van der Waals surface area (Å²) in [7, 11) is -7.15. The van der Waals surface area contributed by atoms with Crippen molar-refractivity contribution >= 4 is 10.1 Å². The molecule has 0 aromatic rings. The van der Waals surface area contributed by atoms with Crippen LogP contribution in [0.2, 0.25) is 0 Å². The molecule has 5 nitrogen and oxygen atoms in total. The molecular formula is C6H3F11O5S. The van der Waals surface area contributed by atoms with Gasteiger partial charge in [-0.25, -0.2) is 13.9 Å². The molecule has 140 valence electrons. The third-order valence-electron chi connectivity index (χ3n) is 1.69. The van der Waals surface area contributed by atoms with Gasteiger partial charge in [0.1, 0.15) is 0 Å².